The Morgan fingerprint density at radius 3 is 2.79 bits per heavy atom. The number of nitrogens with zero attached hydrogens (tertiary/aromatic N) is 5. The number of aromatic nitrogens is 2. The topological polar surface area (TPSA) is 103 Å². The van der Waals surface area contributed by atoms with E-state index >= 15 is 4.39 Å². The van der Waals surface area contributed by atoms with Crippen molar-refractivity contribution in [1.29, 1.82) is 0 Å². The second kappa shape index (κ2) is 8.80. The van der Waals surface area contributed by atoms with Crippen molar-refractivity contribution in [3.63, 3.8) is 0 Å². The maximum atomic E-state index is 15.7. The second-order valence-electron chi connectivity index (χ2n) is 10.3. The first-order valence-corrected chi connectivity index (χ1v) is 13.1. The predicted molar refractivity (Wildman–Crippen MR) is 141 cm³/mol. The van der Waals surface area contributed by atoms with Crippen molar-refractivity contribution in [2.24, 2.45) is 0 Å². The zero-order valence-electron chi connectivity index (χ0n) is 21.1. The average Bonchev–Trinajstić information content (AvgIpc) is 3.74. The third kappa shape index (κ3) is 3.89. The lowest BCUT2D eigenvalue weighted by Gasteiger charge is -2.37. The summed E-state index contributed by atoms with van der Waals surface area (Å²) in [5.74, 6) is -0.0341. The van der Waals surface area contributed by atoms with Crippen LogP contribution in [0.15, 0.2) is 24.4 Å². The van der Waals surface area contributed by atoms with Gasteiger partial charge in [0.1, 0.15) is 18.0 Å². The zero-order chi connectivity index (χ0) is 26.0. The Morgan fingerprint density at radius 2 is 2.03 bits per heavy atom. The molecular formula is C27H28FN7O3. The smallest absolute Gasteiger partial charge is 0.326 e. The number of amides is 3. The van der Waals surface area contributed by atoms with E-state index in [-0.39, 0.29) is 17.6 Å². The van der Waals surface area contributed by atoms with Crippen molar-refractivity contribution >= 4 is 39.9 Å². The van der Waals surface area contributed by atoms with Gasteiger partial charge in [-0.05, 0) is 38.0 Å². The molecule has 7 rings (SSSR count). The highest BCUT2D eigenvalue weighted by atomic mass is 19.1. The lowest BCUT2D eigenvalue weighted by atomic mass is 10.0. The van der Waals surface area contributed by atoms with Gasteiger partial charge in [0, 0.05) is 44.3 Å². The first-order valence-electron chi connectivity index (χ1n) is 13.1. The summed E-state index contributed by atoms with van der Waals surface area (Å²) in [7, 11) is 0. The van der Waals surface area contributed by atoms with Crippen molar-refractivity contribution in [1.82, 2.24) is 20.2 Å². The molecule has 196 valence electrons. The highest BCUT2D eigenvalue weighted by molar-refractivity contribution is 6.19. The summed E-state index contributed by atoms with van der Waals surface area (Å²) in [6.45, 7) is 6.12. The molecule has 4 aliphatic rings. The number of nitrogens with one attached hydrogen (secondary N) is 2. The van der Waals surface area contributed by atoms with Gasteiger partial charge in [-0.15, -0.1) is 0 Å². The van der Waals surface area contributed by atoms with Gasteiger partial charge in [0.25, 0.3) is 5.91 Å². The summed E-state index contributed by atoms with van der Waals surface area (Å²) in [4.78, 5) is 40.1. The van der Waals surface area contributed by atoms with Gasteiger partial charge in [0.15, 0.2) is 11.6 Å². The average molecular weight is 518 g/mol. The molecule has 10 nitrogen and oxygen atoms in total. The van der Waals surface area contributed by atoms with E-state index in [1.165, 1.54) is 0 Å². The number of carbonyl (C=O) groups is 2. The number of hydrogen-bond acceptors (Lipinski definition) is 7. The van der Waals surface area contributed by atoms with Crippen LogP contribution in [0, 0.1) is 12.7 Å². The Morgan fingerprint density at radius 1 is 1.21 bits per heavy atom. The standard InChI is InChI=1S/C27H28FN7O3/c1-15-20(5-4-18(30-15)26(36)31-17-2-3-17)34-8-6-33(7-9-34)14-16-12-19-22-24(23(16)28)32-27(37)35-10-11-38-21(13-29-19)25(22)35/h4-5,12-13,17H,2-3,6-11,14H2,1H3,(H,31,36)(H,32,37). The number of ether oxygens (including phenoxy) is 1. The molecule has 1 saturated heterocycles. The molecule has 38 heavy (non-hydrogen) atoms. The predicted octanol–water partition coefficient (Wildman–Crippen LogP) is 3.04. The molecule has 0 radical (unpaired) electrons. The van der Waals surface area contributed by atoms with Crippen LogP contribution in [0.5, 0.6) is 5.75 Å². The number of carbonyl (C=O) groups excluding carboxylic acids is 2. The van der Waals surface area contributed by atoms with E-state index in [0.29, 0.717) is 59.3 Å². The quantitative estimate of drug-likeness (QED) is 0.536. The molecule has 0 atom stereocenters. The van der Waals surface area contributed by atoms with Gasteiger partial charge in [-0.25, -0.2) is 14.2 Å². The number of piperazine rings is 1. The molecule has 3 aromatic rings. The monoisotopic (exact) mass is 517 g/mol. The lowest BCUT2D eigenvalue weighted by Crippen LogP contribution is -2.46. The highest BCUT2D eigenvalue weighted by Crippen LogP contribution is 2.45. The van der Waals surface area contributed by atoms with E-state index < -0.39 is 5.82 Å². The second-order valence-corrected chi connectivity index (χ2v) is 10.3. The molecule has 5 heterocycles. The fraction of sp³-hybridized carbons (Fsp3) is 0.407. The molecule has 3 aliphatic heterocycles. The minimum Gasteiger partial charge on any atom is -0.488 e. The van der Waals surface area contributed by atoms with Crippen LogP contribution in [0.3, 0.4) is 0 Å². The van der Waals surface area contributed by atoms with Crippen LogP contribution in [-0.2, 0) is 6.54 Å². The van der Waals surface area contributed by atoms with Crippen LogP contribution in [0.2, 0.25) is 0 Å². The maximum absolute atomic E-state index is 15.7. The van der Waals surface area contributed by atoms with Gasteiger partial charge < -0.3 is 20.3 Å². The van der Waals surface area contributed by atoms with E-state index in [0.717, 1.165) is 50.4 Å². The maximum Gasteiger partial charge on any atom is 0.326 e. The summed E-state index contributed by atoms with van der Waals surface area (Å²) in [5, 5.41) is 6.32. The number of halogens is 1. The summed E-state index contributed by atoms with van der Waals surface area (Å²) < 4.78 is 21.4. The highest BCUT2D eigenvalue weighted by Gasteiger charge is 2.35. The fourth-order valence-electron chi connectivity index (χ4n) is 5.58. The Hall–Kier alpha value is -3.99. The Balaban J connectivity index is 1.07. The van der Waals surface area contributed by atoms with Crippen LogP contribution in [0.1, 0.15) is 34.6 Å². The van der Waals surface area contributed by atoms with Crippen molar-refractivity contribution < 1.29 is 18.7 Å². The third-order valence-electron chi connectivity index (χ3n) is 7.74. The van der Waals surface area contributed by atoms with Crippen molar-refractivity contribution in [2.75, 3.05) is 54.4 Å². The summed E-state index contributed by atoms with van der Waals surface area (Å²) >= 11 is 0. The first kappa shape index (κ1) is 23.2. The summed E-state index contributed by atoms with van der Waals surface area (Å²) in [5.41, 5.74) is 4.20. The van der Waals surface area contributed by atoms with Crippen molar-refractivity contribution in [3.8, 4) is 5.75 Å². The molecule has 1 aliphatic carbocycles. The Kier molecular flexibility index (Phi) is 5.36. The van der Waals surface area contributed by atoms with Crippen LogP contribution in [0.25, 0.3) is 10.9 Å². The van der Waals surface area contributed by atoms with Gasteiger partial charge in [-0.1, -0.05) is 0 Å². The zero-order valence-corrected chi connectivity index (χ0v) is 21.1. The molecule has 2 fully saturated rings. The van der Waals surface area contributed by atoms with Crippen molar-refractivity contribution in [2.45, 2.75) is 32.4 Å². The number of aryl methyl sites for hydroxylation is 1. The van der Waals surface area contributed by atoms with Crippen LogP contribution >= 0.6 is 0 Å². The number of pyridine rings is 2. The molecule has 2 aromatic heterocycles. The molecule has 0 spiro atoms. The molecule has 11 heteroatoms. The van der Waals surface area contributed by atoms with E-state index in [1.807, 2.05) is 13.0 Å². The van der Waals surface area contributed by atoms with Gasteiger partial charge in [-0.2, -0.15) is 0 Å². The third-order valence-corrected chi connectivity index (χ3v) is 7.74. The van der Waals surface area contributed by atoms with E-state index in [9.17, 15) is 9.59 Å². The SMILES string of the molecule is Cc1nc(C(=O)NC2CC2)ccc1N1CCN(Cc2cc3ncc4c5c3c(c2F)NC(=O)N5CCO4)CC1. The van der Waals surface area contributed by atoms with Gasteiger partial charge >= 0.3 is 6.03 Å². The number of urea groups is 1. The van der Waals surface area contributed by atoms with E-state index in [2.05, 4.69) is 30.4 Å². The minimum absolute atomic E-state index is 0.116. The summed E-state index contributed by atoms with van der Waals surface area (Å²) in [6.07, 6.45) is 3.69. The summed E-state index contributed by atoms with van der Waals surface area (Å²) in [6, 6.07) is 5.48. The van der Waals surface area contributed by atoms with Gasteiger partial charge in [-0.3, -0.25) is 19.6 Å². The van der Waals surface area contributed by atoms with Crippen LogP contribution in [-0.4, -0.2) is 72.2 Å². The van der Waals surface area contributed by atoms with E-state index in [4.69, 9.17) is 4.74 Å². The number of anilines is 3. The van der Waals surface area contributed by atoms with Crippen LogP contribution in [0.4, 0.5) is 26.2 Å². The van der Waals surface area contributed by atoms with Crippen molar-refractivity contribution in [3.05, 3.63) is 47.2 Å². The molecule has 3 amide bonds. The first-order chi connectivity index (χ1) is 18.5. The molecule has 0 bridgehead atoms. The number of rotatable bonds is 5. The molecule has 1 aromatic carbocycles. The number of benzene rings is 1. The Bertz CT molecular complexity index is 1480. The Labute approximate surface area is 218 Å². The largest absolute Gasteiger partial charge is 0.488 e. The van der Waals surface area contributed by atoms with E-state index in [1.54, 1.807) is 23.2 Å². The molecule has 2 N–H and O–H groups in total. The molecular weight excluding hydrogens is 489 g/mol. The van der Waals surface area contributed by atoms with Gasteiger partial charge in [0.2, 0.25) is 0 Å². The lowest BCUT2D eigenvalue weighted by molar-refractivity contribution is 0.0946. The fourth-order valence-corrected chi connectivity index (χ4v) is 5.58. The minimum atomic E-state index is -0.422. The molecule has 1 saturated carbocycles. The number of hydrogen-bond donors (Lipinski definition) is 2. The van der Waals surface area contributed by atoms with Gasteiger partial charge in [0.05, 0.1) is 40.7 Å². The molecule has 0 unspecified atom stereocenters. The normalized spacial score (nSPS) is 18.8. The van der Waals surface area contributed by atoms with Crippen LogP contribution < -0.4 is 25.2 Å².